The molecule has 7 heteroatoms. The summed E-state index contributed by atoms with van der Waals surface area (Å²) in [6, 6.07) is 23.3. The van der Waals surface area contributed by atoms with Gasteiger partial charge in [0.05, 0.1) is 13.2 Å². The molecule has 4 aromatic rings. The van der Waals surface area contributed by atoms with Gasteiger partial charge in [0.15, 0.2) is 11.5 Å². The van der Waals surface area contributed by atoms with Crippen molar-refractivity contribution >= 4 is 11.5 Å². The van der Waals surface area contributed by atoms with E-state index in [1.807, 2.05) is 47.8 Å². The molecule has 2 aromatic carbocycles. The number of anilines is 1. The summed E-state index contributed by atoms with van der Waals surface area (Å²) >= 11 is 0. The molecule has 1 atom stereocenters. The van der Waals surface area contributed by atoms with Crippen LogP contribution >= 0.6 is 0 Å². The Labute approximate surface area is 212 Å². The van der Waals surface area contributed by atoms with Crippen molar-refractivity contribution in [3.63, 3.8) is 0 Å². The summed E-state index contributed by atoms with van der Waals surface area (Å²) in [5.41, 5.74) is 5.41. The number of aromatic nitrogens is 3. The highest BCUT2D eigenvalue weighted by Crippen LogP contribution is 2.38. The van der Waals surface area contributed by atoms with Gasteiger partial charge in [0.25, 0.3) is 0 Å². The Morgan fingerprint density at radius 1 is 1.08 bits per heavy atom. The van der Waals surface area contributed by atoms with Gasteiger partial charge >= 0.3 is 0 Å². The summed E-state index contributed by atoms with van der Waals surface area (Å²) in [5, 5.41) is 15.1. The second-order valence-corrected chi connectivity index (χ2v) is 9.58. The van der Waals surface area contributed by atoms with Gasteiger partial charge in [-0.05, 0) is 44.1 Å². The molecule has 2 aromatic heterocycles. The van der Waals surface area contributed by atoms with Gasteiger partial charge < -0.3 is 14.5 Å². The number of hydrogen-bond donors (Lipinski definition) is 0. The number of nitriles is 1. The van der Waals surface area contributed by atoms with E-state index in [0.29, 0.717) is 42.7 Å². The Hall–Kier alpha value is -3.73. The van der Waals surface area contributed by atoms with Crippen molar-refractivity contribution in [2.75, 3.05) is 38.7 Å². The summed E-state index contributed by atoms with van der Waals surface area (Å²) in [5.74, 6) is 1.70. The lowest BCUT2D eigenvalue weighted by Gasteiger charge is -2.26. The second-order valence-electron chi connectivity index (χ2n) is 9.58. The van der Waals surface area contributed by atoms with Gasteiger partial charge in [0.1, 0.15) is 17.5 Å². The summed E-state index contributed by atoms with van der Waals surface area (Å²) in [6.07, 6.45) is 1.66. The average Bonchev–Trinajstić information content (AvgIpc) is 3.55. The van der Waals surface area contributed by atoms with Crippen LogP contribution in [0.2, 0.25) is 0 Å². The molecule has 1 aliphatic rings. The van der Waals surface area contributed by atoms with Crippen molar-refractivity contribution in [1.29, 1.82) is 5.26 Å². The number of pyridine rings is 1. The van der Waals surface area contributed by atoms with E-state index < -0.39 is 0 Å². The molecule has 0 bridgehead atoms. The molecule has 0 amide bonds. The van der Waals surface area contributed by atoms with Crippen molar-refractivity contribution < 1.29 is 4.74 Å². The van der Waals surface area contributed by atoms with Gasteiger partial charge in [-0.3, -0.25) is 0 Å². The first kappa shape index (κ1) is 24.0. The summed E-state index contributed by atoms with van der Waals surface area (Å²) < 4.78 is 7.79. The number of hydrogen-bond acceptors (Lipinski definition) is 6. The van der Waals surface area contributed by atoms with Crippen LogP contribution < -0.4 is 4.90 Å². The third kappa shape index (κ3) is 4.70. The SMILES string of the molecule is Cc1c(-c2ccccc2)c(N2CC[C@H](N(C)C)C2)n2nc(CCOCc3ccccc3)nc2c1C#N. The van der Waals surface area contributed by atoms with Crippen LogP contribution in [0.3, 0.4) is 0 Å². The second kappa shape index (κ2) is 10.5. The molecule has 1 aliphatic heterocycles. The van der Waals surface area contributed by atoms with Crippen molar-refractivity contribution in [1.82, 2.24) is 19.5 Å². The zero-order valence-electron chi connectivity index (χ0n) is 21.2. The summed E-state index contributed by atoms with van der Waals surface area (Å²) in [7, 11) is 4.27. The first-order valence-electron chi connectivity index (χ1n) is 12.5. The minimum Gasteiger partial charge on any atom is -0.376 e. The molecule has 0 radical (unpaired) electrons. The van der Waals surface area contributed by atoms with Crippen molar-refractivity contribution in [3.8, 4) is 17.2 Å². The largest absolute Gasteiger partial charge is 0.376 e. The van der Waals surface area contributed by atoms with E-state index in [-0.39, 0.29) is 0 Å². The molecule has 1 saturated heterocycles. The zero-order chi connectivity index (χ0) is 25.1. The van der Waals surface area contributed by atoms with E-state index in [4.69, 9.17) is 14.8 Å². The Morgan fingerprint density at radius 3 is 2.47 bits per heavy atom. The lowest BCUT2D eigenvalue weighted by atomic mass is 9.97. The first-order valence-corrected chi connectivity index (χ1v) is 12.5. The number of likely N-dealkylation sites (N-methyl/N-ethyl adjacent to an activating group) is 1. The Balaban J connectivity index is 1.53. The molecule has 5 rings (SSSR count). The van der Waals surface area contributed by atoms with E-state index in [9.17, 15) is 5.26 Å². The average molecular weight is 481 g/mol. The molecule has 3 heterocycles. The predicted octanol–water partition coefficient (Wildman–Crippen LogP) is 4.48. The van der Waals surface area contributed by atoms with E-state index in [2.05, 4.69) is 54.2 Å². The Kier molecular flexibility index (Phi) is 6.99. The predicted molar refractivity (Wildman–Crippen MR) is 142 cm³/mol. The third-order valence-corrected chi connectivity index (χ3v) is 7.00. The molecule has 0 saturated carbocycles. The summed E-state index contributed by atoms with van der Waals surface area (Å²) in [6.45, 7) is 4.93. The van der Waals surface area contributed by atoms with Crippen molar-refractivity contribution in [2.24, 2.45) is 0 Å². The van der Waals surface area contributed by atoms with Crippen LogP contribution in [0.4, 0.5) is 5.82 Å². The number of nitrogens with zero attached hydrogens (tertiary/aromatic N) is 6. The quantitative estimate of drug-likeness (QED) is 0.347. The van der Waals surface area contributed by atoms with Gasteiger partial charge in [0, 0.05) is 31.1 Å². The number of benzene rings is 2. The van der Waals surface area contributed by atoms with E-state index in [1.54, 1.807) is 0 Å². The fourth-order valence-electron chi connectivity index (χ4n) is 5.00. The minimum absolute atomic E-state index is 0.467. The standard InChI is InChI=1S/C29H32N6O/c1-21-25(18-30)28-31-26(15-17-36-20-22-10-6-4-7-11-22)32-35(28)29(27(21)23-12-8-5-9-13-23)34-16-14-24(19-34)33(2)3/h4-13,24H,14-17,19-20H2,1-3H3/t24-/m0/s1. The van der Waals surface area contributed by atoms with E-state index in [1.165, 1.54) is 0 Å². The molecule has 36 heavy (non-hydrogen) atoms. The number of ether oxygens (including phenoxy) is 1. The molecule has 184 valence electrons. The minimum atomic E-state index is 0.467. The zero-order valence-corrected chi connectivity index (χ0v) is 21.2. The topological polar surface area (TPSA) is 69.7 Å². The van der Waals surface area contributed by atoms with E-state index in [0.717, 1.165) is 47.6 Å². The highest BCUT2D eigenvalue weighted by molar-refractivity contribution is 5.85. The van der Waals surface area contributed by atoms with Crippen LogP contribution in [0.1, 0.15) is 28.9 Å². The van der Waals surface area contributed by atoms with Crippen LogP contribution in [-0.4, -0.2) is 59.3 Å². The lowest BCUT2D eigenvalue weighted by Crippen LogP contribution is -2.32. The Bertz CT molecular complexity index is 1370. The maximum Gasteiger partial charge on any atom is 0.176 e. The van der Waals surface area contributed by atoms with Gasteiger partial charge in [-0.15, -0.1) is 5.10 Å². The fourth-order valence-corrected chi connectivity index (χ4v) is 5.00. The lowest BCUT2D eigenvalue weighted by molar-refractivity contribution is 0.122. The van der Waals surface area contributed by atoms with Gasteiger partial charge in [0.2, 0.25) is 0 Å². The van der Waals surface area contributed by atoms with E-state index >= 15 is 0 Å². The highest BCUT2D eigenvalue weighted by Gasteiger charge is 2.31. The Morgan fingerprint density at radius 2 is 1.81 bits per heavy atom. The maximum absolute atomic E-state index is 10.1. The normalized spacial score (nSPS) is 15.6. The smallest absolute Gasteiger partial charge is 0.176 e. The number of fused-ring (bicyclic) bond motifs is 1. The molecule has 0 aliphatic carbocycles. The van der Waals surface area contributed by atoms with Crippen LogP contribution in [0, 0.1) is 18.3 Å². The molecule has 0 N–H and O–H groups in total. The summed E-state index contributed by atoms with van der Waals surface area (Å²) in [4.78, 5) is 9.51. The molecule has 0 spiro atoms. The molecule has 1 fully saturated rings. The molecule has 0 unspecified atom stereocenters. The van der Waals surface area contributed by atoms with Gasteiger partial charge in [-0.2, -0.15) is 9.78 Å². The third-order valence-electron chi connectivity index (χ3n) is 7.00. The maximum atomic E-state index is 10.1. The van der Waals surface area contributed by atoms with Crippen molar-refractivity contribution in [3.05, 3.63) is 83.2 Å². The van der Waals surface area contributed by atoms with Crippen LogP contribution in [0.15, 0.2) is 60.7 Å². The number of rotatable bonds is 8. The first-order chi connectivity index (χ1) is 17.6. The van der Waals surface area contributed by atoms with Crippen LogP contribution in [-0.2, 0) is 17.8 Å². The van der Waals surface area contributed by atoms with Gasteiger partial charge in [-0.1, -0.05) is 60.7 Å². The van der Waals surface area contributed by atoms with Crippen molar-refractivity contribution in [2.45, 2.75) is 32.4 Å². The molecular formula is C29H32N6O. The highest BCUT2D eigenvalue weighted by atomic mass is 16.5. The van der Waals surface area contributed by atoms with Crippen LogP contribution in [0.25, 0.3) is 16.8 Å². The fraction of sp³-hybridized carbons (Fsp3) is 0.345. The monoisotopic (exact) mass is 480 g/mol. The van der Waals surface area contributed by atoms with Gasteiger partial charge in [-0.25, -0.2) is 4.98 Å². The molecule has 7 nitrogen and oxygen atoms in total. The van der Waals surface area contributed by atoms with Crippen LogP contribution in [0.5, 0.6) is 0 Å². The molecular weight excluding hydrogens is 448 g/mol.